The zero-order chi connectivity index (χ0) is 22.6. The van der Waals surface area contributed by atoms with Gasteiger partial charge >= 0.3 is 0 Å². The predicted octanol–water partition coefficient (Wildman–Crippen LogP) is 9.47. The first-order valence-electron chi connectivity index (χ1n) is 13.6. The van der Waals surface area contributed by atoms with Crippen molar-refractivity contribution in [2.75, 3.05) is 0 Å². The van der Waals surface area contributed by atoms with Crippen molar-refractivity contribution < 1.29 is 4.39 Å². The summed E-state index contributed by atoms with van der Waals surface area (Å²) in [6.07, 6.45) is 26.8. The monoisotopic (exact) mass is 437 g/mol. The molecule has 1 aromatic carbocycles. The van der Waals surface area contributed by atoms with E-state index >= 15 is 0 Å². The van der Waals surface area contributed by atoms with Crippen LogP contribution < -0.4 is 0 Å². The summed E-state index contributed by atoms with van der Waals surface area (Å²) in [5, 5.41) is 8.92. The lowest BCUT2D eigenvalue weighted by molar-refractivity contribution is 0.287. The van der Waals surface area contributed by atoms with Crippen molar-refractivity contribution in [3.8, 4) is 6.07 Å². The molecule has 176 valence electrons. The molecule has 1 aromatic rings. The van der Waals surface area contributed by atoms with Crippen molar-refractivity contribution in [1.29, 1.82) is 5.26 Å². The third-order valence-electron chi connectivity index (χ3n) is 8.12. The van der Waals surface area contributed by atoms with E-state index in [0.717, 1.165) is 30.2 Å². The molecule has 0 atom stereocenters. The van der Waals surface area contributed by atoms with Gasteiger partial charge in [-0.2, -0.15) is 5.26 Å². The fraction of sp³-hybridized carbons (Fsp3) is 0.700. The van der Waals surface area contributed by atoms with Crippen LogP contribution in [0.1, 0.15) is 127 Å². The molecule has 0 radical (unpaired) electrons. The molecule has 0 aromatic heterocycles. The van der Waals surface area contributed by atoms with Crippen molar-refractivity contribution in [3.05, 3.63) is 47.3 Å². The number of benzene rings is 1. The van der Waals surface area contributed by atoms with E-state index in [1.54, 1.807) is 12.1 Å². The molecule has 2 aliphatic carbocycles. The van der Waals surface area contributed by atoms with Gasteiger partial charge in [0.1, 0.15) is 11.9 Å². The summed E-state index contributed by atoms with van der Waals surface area (Å²) in [6, 6.07) is 7.10. The van der Waals surface area contributed by atoms with E-state index in [4.69, 9.17) is 5.26 Å². The van der Waals surface area contributed by atoms with Gasteiger partial charge in [0.2, 0.25) is 0 Å². The topological polar surface area (TPSA) is 23.8 Å². The molecule has 2 saturated carbocycles. The predicted molar refractivity (Wildman–Crippen MR) is 133 cm³/mol. The molecule has 0 heterocycles. The first-order valence-corrected chi connectivity index (χ1v) is 13.6. The summed E-state index contributed by atoms with van der Waals surface area (Å²) in [5.74, 6) is 2.56. The number of nitriles is 1. The van der Waals surface area contributed by atoms with Crippen LogP contribution in [-0.4, -0.2) is 0 Å². The minimum atomic E-state index is -0.366. The van der Waals surface area contributed by atoms with Crippen LogP contribution >= 0.6 is 0 Å². The van der Waals surface area contributed by atoms with Crippen LogP contribution in [-0.2, 0) is 0 Å². The summed E-state index contributed by atoms with van der Waals surface area (Å²) < 4.78 is 13.9. The summed E-state index contributed by atoms with van der Waals surface area (Å²) >= 11 is 0. The summed E-state index contributed by atoms with van der Waals surface area (Å²) in [5.41, 5.74) is 1.23. The molecule has 0 N–H and O–H groups in total. The molecule has 0 unspecified atom stereocenters. The first kappa shape index (κ1) is 25.0. The van der Waals surface area contributed by atoms with Gasteiger partial charge in [0.05, 0.1) is 5.56 Å². The summed E-state index contributed by atoms with van der Waals surface area (Å²) in [4.78, 5) is 0. The normalized spacial score (nSPS) is 26.3. The zero-order valence-corrected chi connectivity index (χ0v) is 20.3. The SMILES string of the molecule is CCCCCCCCC[C@H]1CC[C@H](/C=C/[C@H]2CC[C@H](c3ccc(C#N)c(F)c3)CC2)CC1. The molecule has 2 fully saturated rings. The average Bonchev–Trinajstić information content (AvgIpc) is 2.83. The lowest BCUT2D eigenvalue weighted by Gasteiger charge is -2.29. The van der Waals surface area contributed by atoms with Crippen molar-refractivity contribution in [3.63, 3.8) is 0 Å². The number of hydrogen-bond donors (Lipinski definition) is 0. The number of hydrogen-bond acceptors (Lipinski definition) is 1. The zero-order valence-electron chi connectivity index (χ0n) is 20.3. The number of unbranched alkanes of at least 4 members (excludes halogenated alkanes) is 6. The second-order valence-corrected chi connectivity index (χ2v) is 10.5. The molecule has 0 bridgehead atoms. The van der Waals surface area contributed by atoms with E-state index in [1.165, 1.54) is 89.9 Å². The Morgan fingerprint density at radius 1 is 0.844 bits per heavy atom. The van der Waals surface area contributed by atoms with Crippen molar-refractivity contribution in [1.82, 2.24) is 0 Å². The highest BCUT2D eigenvalue weighted by Gasteiger charge is 2.23. The van der Waals surface area contributed by atoms with E-state index in [-0.39, 0.29) is 11.4 Å². The molecule has 2 aliphatic rings. The fourth-order valence-electron chi connectivity index (χ4n) is 5.89. The maximum atomic E-state index is 13.9. The van der Waals surface area contributed by atoms with Gasteiger partial charge < -0.3 is 0 Å². The van der Waals surface area contributed by atoms with Crippen LogP contribution in [0.4, 0.5) is 4.39 Å². The Hall–Kier alpha value is -1.62. The Balaban J connectivity index is 1.29. The molecule has 2 heteroatoms. The highest BCUT2D eigenvalue weighted by atomic mass is 19.1. The van der Waals surface area contributed by atoms with Gasteiger partial charge in [-0.1, -0.05) is 76.5 Å². The Bertz CT molecular complexity index is 730. The number of nitrogens with zero attached hydrogens (tertiary/aromatic N) is 1. The summed E-state index contributed by atoms with van der Waals surface area (Å²) in [6.45, 7) is 2.29. The molecule has 3 rings (SSSR count). The van der Waals surface area contributed by atoms with Gasteiger partial charge in [-0.05, 0) is 92.7 Å². The van der Waals surface area contributed by atoms with Gasteiger partial charge in [-0.3, -0.25) is 0 Å². The van der Waals surface area contributed by atoms with Gasteiger partial charge in [-0.15, -0.1) is 0 Å². The minimum absolute atomic E-state index is 0.155. The number of rotatable bonds is 11. The maximum absolute atomic E-state index is 13.9. The molecule has 32 heavy (non-hydrogen) atoms. The second-order valence-electron chi connectivity index (χ2n) is 10.5. The lowest BCUT2D eigenvalue weighted by atomic mass is 9.76. The molecule has 0 saturated heterocycles. The first-order chi connectivity index (χ1) is 15.7. The third-order valence-corrected chi connectivity index (χ3v) is 8.12. The lowest BCUT2D eigenvalue weighted by Crippen LogP contribution is -2.15. The van der Waals surface area contributed by atoms with Gasteiger partial charge in [0.25, 0.3) is 0 Å². The van der Waals surface area contributed by atoms with Gasteiger partial charge in [0.15, 0.2) is 0 Å². The van der Waals surface area contributed by atoms with E-state index in [0.29, 0.717) is 11.8 Å². The van der Waals surface area contributed by atoms with E-state index < -0.39 is 0 Å². The number of halogens is 1. The van der Waals surface area contributed by atoms with Crippen LogP contribution in [0.3, 0.4) is 0 Å². The van der Waals surface area contributed by atoms with Crippen LogP contribution in [0.25, 0.3) is 0 Å². The largest absolute Gasteiger partial charge is 0.206 e. The second kappa shape index (κ2) is 13.8. The fourth-order valence-corrected chi connectivity index (χ4v) is 5.89. The molecular formula is C30H44FN. The minimum Gasteiger partial charge on any atom is -0.206 e. The van der Waals surface area contributed by atoms with Crippen molar-refractivity contribution in [2.45, 2.75) is 116 Å². The van der Waals surface area contributed by atoms with Crippen molar-refractivity contribution in [2.24, 2.45) is 17.8 Å². The number of allylic oxidation sites excluding steroid dienone is 2. The standard InChI is InChI=1S/C30H44FN/c1-2-3-4-5-6-7-8-9-24-10-12-25(13-11-24)14-15-26-16-18-27(19-17-26)28-20-21-29(23-32)30(31)22-28/h14-15,20-22,24-27H,2-13,16-19H2,1H3/b15-14+/t24-,25-,26-,27-. The molecule has 0 spiro atoms. The highest BCUT2D eigenvalue weighted by molar-refractivity contribution is 5.35. The average molecular weight is 438 g/mol. The third kappa shape index (κ3) is 8.06. The van der Waals surface area contributed by atoms with Crippen LogP contribution in [0.5, 0.6) is 0 Å². The Morgan fingerprint density at radius 3 is 2.03 bits per heavy atom. The Labute approximate surface area is 196 Å². The molecule has 1 nitrogen and oxygen atoms in total. The quantitative estimate of drug-likeness (QED) is 0.250. The Morgan fingerprint density at radius 2 is 1.44 bits per heavy atom. The van der Waals surface area contributed by atoms with Crippen LogP contribution in [0, 0.1) is 34.9 Å². The van der Waals surface area contributed by atoms with Crippen LogP contribution in [0.15, 0.2) is 30.4 Å². The van der Waals surface area contributed by atoms with Gasteiger partial charge in [-0.25, -0.2) is 4.39 Å². The Kier molecular flexibility index (Phi) is 10.8. The molecule has 0 amide bonds. The van der Waals surface area contributed by atoms with Crippen LogP contribution in [0.2, 0.25) is 0 Å². The highest BCUT2D eigenvalue weighted by Crippen LogP contribution is 2.38. The van der Waals surface area contributed by atoms with E-state index in [1.807, 2.05) is 12.1 Å². The van der Waals surface area contributed by atoms with E-state index in [2.05, 4.69) is 19.1 Å². The maximum Gasteiger partial charge on any atom is 0.141 e. The molecule has 0 aliphatic heterocycles. The van der Waals surface area contributed by atoms with E-state index in [9.17, 15) is 4.39 Å². The smallest absolute Gasteiger partial charge is 0.141 e. The van der Waals surface area contributed by atoms with Gasteiger partial charge in [0, 0.05) is 0 Å². The summed E-state index contributed by atoms with van der Waals surface area (Å²) in [7, 11) is 0. The van der Waals surface area contributed by atoms with Crippen molar-refractivity contribution >= 4 is 0 Å². The molecular weight excluding hydrogens is 393 g/mol.